The van der Waals surface area contributed by atoms with E-state index in [0.29, 0.717) is 16.5 Å². The van der Waals surface area contributed by atoms with Crippen molar-refractivity contribution in [2.45, 2.75) is 18.9 Å². The fourth-order valence-electron chi connectivity index (χ4n) is 2.22. The molecule has 8 heteroatoms. The number of aromatic nitrogens is 1. The predicted molar refractivity (Wildman–Crippen MR) is 87.5 cm³/mol. The number of carbonyl (C=O) groups is 2. The first-order valence-electron chi connectivity index (χ1n) is 7.48. The Morgan fingerprint density at radius 1 is 1.44 bits per heavy atom. The van der Waals surface area contributed by atoms with E-state index in [1.165, 1.54) is 11.3 Å². The average Bonchev–Trinajstić information content (AvgIpc) is 3.05. The second kappa shape index (κ2) is 7.32. The van der Waals surface area contributed by atoms with Gasteiger partial charge >= 0.3 is 5.97 Å². The fourth-order valence-corrected chi connectivity index (χ4v) is 3.08. The van der Waals surface area contributed by atoms with Crippen molar-refractivity contribution in [2.24, 2.45) is 0 Å². The SMILES string of the molecule is Cc1csc([C@@H](C#N)C(=O)COC(=O)[C@@H]2COc3ccccc3O2)n1. The smallest absolute Gasteiger partial charge is 0.351 e. The van der Waals surface area contributed by atoms with E-state index in [1.54, 1.807) is 36.6 Å². The van der Waals surface area contributed by atoms with Crippen LogP contribution in [0.1, 0.15) is 16.6 Å². The summed E-state index contributed by atoms with van der Waals surface area (Å²) >= 11 is 1.23. The summed E-state index contributed by atoms with van der Waals surface area (Å²) < 4.78 is 15.9. The van der Waals surface area contributed by atoms with Gasteiger partial charge in [-0.25, -0.2) is 9.78 Å². The van der Waals surface area contributed by atoms with Gasteiger partial charge in [-0.1, -0.05) is 12.1 Å². The Bertz CT molecular complexity index is 842. The summed E-state index contributed by atoms with van der Waals surface area (Å²) in [5, 5.41) is 11.3. The lowest BCUT2D eigenvalue weighted by molar-refractivity contribution is -0.157. The van der Waals surface area contributed by atoms with Gasteiger partial charge in [0, 0.05) is 11.1 Å². The van der Waals surface area contributed by atoms with Gasteiger partial charge in [0.2, 0.25) is 6.10 Å². The number of esters is 1. The van der Waals surface area contributed by atoms with Gasteiger partial charge in [-0.05, 0) is 19.1 Å². The zero-order chi connectivity index (χ0) is 17.8. The minimum atomic E-state index is -1.05. The first kappa shape index (κ1) is 16.9. The van der Waals surface area contributed by atoms with Gasteiger partial charge in [0.1, 0.15) is 11.6 Å². The summed E-state index contributed by atoms with van der Waals surface area (Å²) in [6.45, 7) is 1.26. The summed E-state index contributed by atoms with van der Waals surface area (Å²) in [6, 6.07) is 8.86. The summed E-state index contributed by atoms with van der Waals surface area (Å²) in [4.78, 5) is 28.4. The number of fused-ring (bicyclic) bond motifs is 1. The molecule has 2 aromatic rings. The monoisotopic (exact) mass is 358 g/mol. The number of rotatable bonds is 5. The van der Waals surface area contributed by atoms with Crippen LogP contribution in [0.15, 0.2) is 29.6 Å². The number of ether oxygens (including phenoxy) is 3. The second-order valence-electron chi connectivity index (χ2n) is 5.33. The number of thiazole rings is 1. The number of aryl methyl sites for hydroxylation is 1. The lowest BCUT2D eigenvalue weighted by atomic mass is 10.1. The van der Waals surface area contributed by atoms with E-state index in [4.69, 9.17) is 14.2 Å². The molecule has 2 heterocycles. The molecule has 0 amide bonds. The van der Waals surface area contributed by atoms with Gasteiger partial charge in [-0.15, -0.1) is 11.3 Å². The van der Waals surface area contributed by atoms with Gasteiger partial charge in [-0.3, -0.25) is 4.79 Å². The van der Waals surface area contributed by atoms with Crippen LogP contribution in [0.4, 0.5) is 0 Å². The molecule has 0 spiro atoms. The molecular formula is C17H14N2O5S. The Hall–Kier alpha value is -2.92. The standard InChI is InChI=1S/C17H14N2O5S/c1-10-9-25-16(19-10)11(6-18)12(20)7-23-17(21)15-8-22-13-4-2-3-5-14(13)24-15/h2-5,9,11,15H,7-8H2,1H3/t11-,15-/m0/s1. The van der Waals surface area contributed by atoms with Gasteiger partial charge in [0.15, 0.2) is 29.8 Å². The van der Waals surface area contributed by atoms with E-state index in [0.717, 1.165) is 5.69 Å². The van der Waals surface area contributed by atoms with Crippen LogP contribution in [0.5, 0.6) is 11.5 Å². The molecule has 1 aromatic heterocycles. The molecule has 0 unspecified atom stereocenters. The Morgan fingerprint density at radius 2 is 2.20 bits per heavy atom. The van der Waals surface area contributed by atoms with Crippen LogP contribution < -0.4 is 9.47 Å². The topological polar surface area (TPSA) is 98.5 Å². The number of hydrogen-bond donors (Lipinski definition) is 0. The number of Topliss-reactive ketones (excluding diaryl/α,β-unsaturated/α-hetero) is 1. The first-order valence-corrected chi connectivity index (χ1v) is 8.36. The van der Waals surface area contributed by atoms with Crippen molar-refractivity contribution in [2.75, 3.05) is 13.2 Å². The average molecular weight is 358 g/mol. The van der Waals surface area contributed by atoms with Crippen molar-refractivity contribution in [1.29, 1.82) is 5.26 Å². The van der Waals surface area contributed by atoms with E-state index in [1.807, 2.05) is 6.07 Å². The molecule has 0 saturated carbocycles. The van der Waals surface area contributed by atoms with Crippen molar-refractivity contribution >= 4 is 23.1 Å². The zero-order valence-electron chi connectivity index (χ0n) is 13.3. The Kier molecular flexibility index (Phi) is 4.95. The molecule has 0 saturated heterocycles. The van der Waals surface area contributed by atoms with Crippen LogP contribution in [-0.4, -0.2) is 36.1 Å². The maximum atomic E-state index is 12.2. The van der Waals surface area contributed by atoms with Crippen molar-refractivity contribution < 1.29 is 23.8 Å². The van der Waals surface area contributed by atoms with Crippen molar-refractivity contribution in [3.05, 3.63) is 40.3 Å². The summed E-state index contributed by atoms with van der Waals surface area (Å²) in [5.41, 5.74) is 0.733. The predicted octanol–water partition coefficient (Wildman–Crippen LogP) is 2.01. The first-order chi connectivity index (χ1) is 12.1. The maximum Gasteiger partial charge on any atom is 0.351 e. The number of ketones is 1. The summed E-state index contributed by atoms with van der Waals surface area (Å²) in [6.07, 6.45) is -0.953. The summed E-state index contributed by atoms with van der Waals surface area (Å²) in [7, 11) is 0. The highest BCUT2D eigenvalue weighted by molar-refractivity contribution is 7.09. The number of nitriles is 1. The molecule has 0 aliphatic carbocycles. The van der Waals surface area contributed by atoms with E-state index >= 15 is 0 Å². The van der Waals surface area contributed by atoms with Crippen molar-refractivity contribution in [1.82, 2.24) is 4.98 Å². The Morgan fingerprint density at radius 3 is 2.88 bits per heavy atom. The van der Waals surface area contributed by atoms with Crippen molar-refractivity contribution in [3.8, 4) is 17.6 Å². The van der Waals surface area contributed by atoms with E-state index in [-0.39, 0.29) is 6.61 Å². The van der Waals surface area contributed by atoms with Crippen LogP contribution in [0, 0.1) is 18.3 Å². The molecule has 25 heavy (non-hydrogen) atoms. The van der Waals surface area contributed by atoms with Crippen molar-refractivity contribution in [3.63, 3.8) is 0 Å². The van der Waals surface area contributed by atoms with Crippen LogP contribution in [0.2, 0.25) is 0 Å². The third-order valence-electron chi connectivity index (χ3n) is 3.46. The molecule has 0 radical (unpaired) electrons. The number of nitrogens with zero attached hydrogens (tertiary/aromatic N) is 2. The molecule has 2 atom stereocenters. The number of para-hydroxylation sites is 2. The molecule has 0 N–H and O–H groups in total. The second-order valence-corrected chi connectivity index (χ2v) is 6.22. The summed E-state index contributed by atoms with van der Waals surface area (Å²) in [5.74, 6) is -1.30. The highest BCUT2D eigenvalue weighted by Gasteiger charge is 2.30. The molecule has 3 rings (SSSR count). The molecule has 0 fully saturated rings. The number of carbonyl (C=O) groups excluding carboxylic acids is 2. The molecule has 0 bridgehead atoms. The maximum absolute atomic E-state index is 12.2. The third-order valence-corrected chi connectivity index (χ3v) is 4.49. The largest absolute Gasteiger partial charge is 0.485 e. The lowest BCUT2D eigenvalue weighted by Crippen LogP contribution is -2.38. The van der Waals surface area contributed by atoms with E-state index < -0.39 is 30.4 Å². The van der Waals surface area contributed by atoms with Crippen LogP contribution in [0.3, 0.4) is 0 Å². The number of hydrogen-bond acceptors (Lipinski definition) is 8. The van der Waals surface area contributed by atoms with Crippen LogP contribution in [0.25, 0.3) is 0 Å². The Labute approximate surface area is 147 Å². The number of benzene rings is 1. The van der Waals surface area contributed by atoms with Gasteiger partial charge in [-0.2, -0.15) is 5.26 Å². The molecule has 7 nitrogen and oxygen atoms in total. The molecule has 1 aliphatic rings. The van der Waals surface area contributed by atoms with E-state index in [9.17, 15) is 14.9 Å². The van der Waals surface area contributed by atoms with Gasteiger partial charge in [0.05, 0.1) is 6.07 Å². The highest BCUT2D eigenvalue weighted by Crippen LogP contribution is 2.31. The fraction of sp³-hybridized carbons (Fsp3) is 0.294. The normalized spacial score (nSPS) is 16.6. The molecule has 1 aliphatic heterocycles. The zero-order valence-corrected chi connectivity index (χ0v) is 14.1. The van der Waals surface area contributed by atoms with E-state index in [2.05, 4.69) is 4.98 Å². The lowest BCUT2D eigenvalue weighted by Gasteiger charge is -2.24. The molecular weight excluding hydrogens is 344 g/mol. The molecule has 128 valence electrons. The van der Waals surface area contributed by atoms with Gasteiger partial charge in [0.25, 0.3) is 0 Å². The Balaban J connectivity index is 1.57. The highest BCUT2D eigenvalue weighted by atomic mass is 32.1. The van der Waals surface area contributed by atoms with Crippen LogP contribution >= 0.6 is 11.3 Å². The molecule has 1 aromatic carbocycles. The van der Waals surface area contributed by atoms with Gasteiger partial charge < -0.3 is 14.2 Å². The third kappa shape index (κ3) is 3.78. The minimum Gasteiger partial charge on any atom is -0.485 e. The quantitative estimate of drug-likeness (QED) is 0.754. The van der Waals surface area contributed by atoms with Crippen LogP contribution in [-0.2, 0) is 14.3 Å². The minimum absolute atomic E-state index is 0.00259.